The maximum Gasteiger partial charge on any atom is 0.234 e. The van der Waals surface area contributed by atoms with E-state index in [4.69, 9.17) is 14.5 Å². The SMILES string of the molecule is CCNC(=NCCC(C)c1ccc(OC)cc1)N1CCN(CC(=O)NCCOC)CC1.I. The van der Waals surface area contributed by atoms with Gasteiger partial charge >= 0.3 is 0 Å². The van der Waals surface area contributed by atoms with Crippen LogP contribution in [0.4, 0.5) is 0 Å². The van der Waals surface area contributed by atoms with E-state index in [2.05, 4.69) is 46.4 Å². The molecule has 1 aromatic rings. The summed E-state index contributed by atoms with van der Waals surface area (Å²) in [5.74, 6) is 2.34. The summed E-state index contributed by atoms with van der Waals surface area (Å²) in [5.41, 5.74) is 1.30. The molecule has 1 atom stereocenters. The van der Waals surface area contributed by atoms with Gasteiger partial charge in [-0.15, -0.1) is 24.0 Å². The second-order valence-corrected chi connectivity index (χ2v) is 7.80. The predicted octanol–water partition coefficient (Wildman–Crippen LogP) is 2.15. The van der Waals surface area contributed by atoms with Crippen molar-refractivity contribution >= 4 is 35.8 Å². The molecule has 1 heterocycles. The number of nitrogens with zero attached hydrogens (tertiary/aromatic N) is 3. The highest BCUT2D eigenvalue weighted by atomic mass is 127. The number of halogens is 1. The summed E-state index contributed by atoms with van der Waals surface area (Å²) < 4.78 is 10.2. The molecular formula is C23H40IN5O3. The smallest absolute Gasteiger partial charge is 0.234 e. The predicted molar refractivity (Wildman–Crippen MR) is 140 cm³/mol. The van der Waals surface area contributed by atoms with E-state index >= 15 is 0 Å². The number of aliphatic imine (C=N–C) groups is 1. The van der Waals surface area contributed by atoms with Crippen molar-refractivity contribution in [3.05, 3.63) is 29.8 Å². The molecule has 0 spiro atoms. The van der Waals surface area contributed by atoms with Gasteiger partial charge in [0.15, 0.2) is 5.96 Å². The summed E-state index contributed by atoms with van der Waals surface area (Å²) in [6.45, 7) is 10.9. The summed E-state index contributed by atoms with van der Waals surface area (Å²) in [6.07, 6.45) is 0.989. The maximum atomic E-state index is 12.0. The fraction of sp³-hybridized carbons (Fsp3) is 0.652. The normalized spacial score (nSPS) is 15.6. The Morgan fingerprint density at radius 1 is 1.12 bits per heavy atom. The Morgan fingerprint density at radius 2 is 1.81 bits per heavy atom. The maximum absolute atomic E-state index is 12.0. The standard InChI is InChI=1S/C23H39N5O3.HI/c1-5-24-23(26-11-10-19(2)20-6-8-21(31-4)9-7-20)28-15-13-27(14-16-28)18-22(29)25-12-17-30-3;/h6-9,19H,5,10-18H2,1-4H3,(H,24,26)(H,25,29);1H. The van der Waals surface area contributed by atoms with Crippen LogP contribution in [-0.4, -0.2) is 94.9 Å². The van der Waals surface area contributed by atoms with Crippen molar-refractivity contribution in [1.29, 1.82) is 0 Å². The number of carbonyl (C=O) groups is 1. The molecule has 1 aliphatic rings. The molecule has 32 heavy (non-hydrogen) atoms. The van der Waals surface area contributed by atoms with Gasteiger partial charge < -0.3 is 25.0 Å². The Labute approximate surface area is 210 Å². The van der Waals surface area contributed by atoms with Crippen LogP contribution in [0.1, 0.15) is 31.7 Å². The van der Waals surface area contributed by atoms with Gasteiger partial charge in [-0.25, -0.2) is 0 Å². The van der Waals surface area contributed by atoms with Crippen LogP contribution in [0.3, 0.4) is 0 Å². The molecular weight excluding hydrogens is 521 g/mol. The summed E-state index contributed by atoms with van der Waals surface area (Å²) in [5, 5.41) is 6.30. The number of piperazine rings is 1. The molecule has 182 valence electrons. The van der Waals surface area contributed by atoms with Crippen LogP contribution in [0.25, 0.3) is 0 Å². The Kier molecular flexibility index (Phi) is 14.3. The minimum Gasteiger partial charge on any atom is -0.497 e. The molecule has 2 N–H and O–H groups in total. The molecule has 8 nitrogen and oxygen atoms in total. The van der Waals surface area contributed by atoms with Crippen molar-refractivity contribution in [2.24, 2.45) is 4.99 Å². The van der Waals surface area contributed by atoms with Crippen LogP contribution in [0.5, 0.6) is 5.75 Å². The van der Waals surface area contributed by atoms with Crippen LogP contribution in [-0.2, 0) is 9.53 Å². The summed E-state index contributed by atoms with van der Waals surface area (Å²) in [4.78, 5) is 21.3. The van der Waals surface area contributed by atoms with E-state index in [0.717, 1.165) is 57.4 Å². The molecule has 2 rings (SSSR count). The number of benzene rings is 1. The number of rotatable bonds is 11. The minimum atomic E-state index is 0. The van der Waals surface area contributed by atoms with Crippen LogP contribution in [0.15, 0.2) is 29.3 Å². The fourth-order valence-corrected chi connectivity index (χ4v) is 3.56. The molecule has 1 aliphatic heterocycles. The zero-order valence-corrected chi connectivity index (χ0v) is 22.3. The molecule has 1 fully saturated rings. The van der Waals surface area contributed by atoms with Crippen molar-refractivity contribution in [3.8, 4) is 5.75 Å². The number of hydrogen-bond donors (Lipinski definition) is 2. The number of hydrogen-bond acceptors (Lipinski definition) is 5. The average Bonchev–Trinajstić information content (AvgIpc) is 2.79. The lowest BCUT2D eigenvalue weighted by atomic mass is 9.98. The lowest BCUT2D eigenvalue weighted by Crippen LogP contribution is -2.54. The van der Waals surface area contributed by atoms with Crippen molar-refractivity contribution in [3.63, 3.8) is 0 Å². The molecule has 1 unspecified atom stereocenters. The average molecular weight is 562 g/mol. The zero-order chi connectivity index (χ0) is 22.5. The summed E-state index contributed by atoms with van der Waals surface area (Å²) in [6, 6.07) is 8.28. The largest absolute Gasteiger partial charge is 0.497 e. The highest BCUT2D eigenvalue weighted by Gasteiger charge is 2.21. The van der Waals surface area contributed by atoms with Gasteiger partial charge in [-0.05, 0) is 37.0 Å². The number of carbonyl (C=O) groups excluding carboxylic acids is 1. The van der Waals surface area contributed by atoms with Crippen LogP contribution >= 0.6 is 24.0 Å². The molecule has 9 heteroatoms. The molecule has 0 aliphatic carbocycles. The number of methoxy groups -OCH3 is 2. The van der Waals surface area contributed by atoms with E-state index in [1.54, 1.807) is 14.2 Å². The third kappa shape index (κ3) is 9.91. The van der Waals surface area contributed by atoms with Gasteiger partial charge in [-0.3, -0.25) is 14.7 Å². The van der Waals surface area contributed by atoms with E-state index in [9.17, 15) is 4.79 Å². The zero-order valence-electron chi connectivity index (χ0n) is 19.9. The van der Waals surface area contributed by atoms with Crippen LogP contribution in [0.2, 0.25) is 0 Å². The van der Waals surface area contributed by atoms with Crippen molar-refractivity contribution in [2.75, 3.05) is 73.2 Å². The highest BCUT2D eigenvalue weighted by Crippen LogP contribution is 2.21. The lowest BCUT2D eigenvalue weighted by molar-refractivity contribution is -0.122. The summed E-state index contributed by atoms with van der Waals surface area (Å²) in [7, 11) is 3.32. The quantitative estimate of drug-likeness (QED) is 0.187. The van der Waals surface area contributed by atoms with Gasteiger partial charge in [0.25, 0.3) is 0 Å². The molecule has 1 aromatic carbocycles. The molecule has 0 bridgehead atoms. The van der Waals surface area contributed by atoms with E-state index in [1.807, 2.05) is 12.1 Å². The first-order valence-electron chi connectivity index (χ1n) is 11.2. The fourth-order valence-electron chi connectivity index (χ4n) is 3.56. The minimum absolute atomic E-state index is 0. The van der Waals surface area contributed by atoms with Gasteiger partial charge in [0.05, 0.1) is 20.3 Å². The van der Waals surface area contributed by atoms with Crippen molar-refractivity contribution in [2.45, 2.75) is 26.2 Å². The molecule has 1 amide bonds. The number of amides is 1. The van der Waals surface area contributed by atoms with E-state index in [0.29, 0.717) is 25.6 Å². The van der Waals surface area contributed by atoms with Crippen molar-refractivity contribution < 1.29 is 14.3 Å². The lowest BCUT2D eigenvalue weighted by Gasteiger charge is -2.36. The van der Waals surface area contributed by atoms with E-state index < -0.39 is 0 Å². The monoisotopic (exact) mass is 561 g/mol. The third-order valence-electron chi connectivity index (χ3n) is 5.51. The molecule has 0 aromatic heterocycles. The molecule has 0 radical (unpaired) electrons. The Balaban J connectivity index is 0.00000512. The second kappa shape index (κ2) is 16.1. The van der Waals surface area contributed by atoms with Gasteiger partial charge in [0, 0.05) is 52.9 Å². The topological polar surface area (TPSA) is 78.4 Å². The van der Waals surface area contributed by atoms with Crippen LogP contribution in [0, 0.1) is 0 Å². The first-order chi connectivity index (χ1) is 15.1. The van der Waals surface area contributed by atoms with Gasteiger partial charge in [0.2, 0.25) is 5.91 Å². The number of nitrogens with one attached hydrogen (secondary N) is 2. The van der Waals surface area contributed by atoms with E-state index in [1.165, 1.54) is 5.56 Å². The Hall–Kier alpha value is -1.59. The van der Waals surface area contributed by atoms with Gasteiger partial charge in [-0.1, -0.05) is 19.1 Å². The summed E-state index contributed by atoms with van der Waals surface area (Å²) >= 11 is 0. The molecule has 1 saturated heterocycles. The van der Waals surface area contributed by atoms with Crippen LogP contribution < -0.4 is 15.4 Å². The Bertz CT molecular complexity index is 679. The second-order valence-electron chi connectivity index (χ2n) is 7.80. The highest BCUT2D eigenvalue weighted by molar-refractivity contribution is 14.0. The Morgan fingerprint density at radius 3 is 2.41 bits per heavy atom. The van der Waals surface area contributed by atoms with Gasteiger partial charge in [-0.2, -0.15) is 0 Å². The number of guanidine groups is 1. The first kappa shape index (κ1) is 28.4. The first-order valence-corrected chi connectivity index (χ1v) is 11.2. The van der Waals surface area contributed by atoms with Crippen molar-refractivity contribution in [1.82, 2.24) is 20.4 Å². The van der Waals surface area contributed by atoms with Gasteiger partial charge in [0.1, 0.15) is 5.75 Å². The third-order valence-corrected chi connectivity index (χ3v) is 5.51. The van der Waals surface area contributed by atoms with E-state index in [-0.39, 0.29) is 29.9 Å². The number of ether oxygens (including phenoxy) is 2. The molecule has 0 saturated carbocycles.